The molecule has 162 valence electrons. The molecule has 3 aromatic carbocycles. The molecule has 0 bridgehead atoms. The van der Waals surface area contributed by atoms with Gasteiger partial charge in [0.1, 0.15) is 0 Å². The molecule has 1 aliphatic carbocycles. The highest BCUT2D eigenvalue weighted by atomic mass is 16.2. The van der Waals surface area contributed by atoms with Crippen LogP contribution < -0.4 is 16.4 Å². The van der Waals surface area contributed by atoms with Crippen molar-refractivity contribution >= 4 is 23.2 Å². The van der Waals surface area contributed by atoms with Crippen LogP contribution in [0.4, 0.5) is 5.69 Å². The van der Waals surface area contributed by atoms with Crippen LogP contribution in [0.3, 0.4) is 0 Å². The monoisotopic (exact) mass is 427 g/mol. The summed E-state index contributed by atoms with van der Waals surface area (Å²) in [5, 5.41) is 6.11. The van der Waals surface area contributed by atoms with E-state index >= 15 is 0 Å². The van der Waals surface area contributed by atoms with Crippen molar-refractivity contribution in [2.45, 2.75) is 18.9 Å². The molecule has 0 aliphatic heterocycles. The number of hydrogen-bond acceptors (Lipinski definition) is 5. The quantitative estimate of drug-likeness (QED) is 0.375. The smallest absolute Gasteiger partial charge is 0.237 e. The third-order valence-corrected chi connectivity index (χ3v) is 5.54. The summed E-state index contributed by atoms with van der Waals surface area (Å²) in [6.45, 7) is 1.09. The molecule has 1 aliphatic rings. The van der Waals surface area contributed by atoms with Gasteiger partial charge >= 0.3 is 0 Å². The van der Waals surface area contributed by atoms with Crippen molar-refractivity contribution in [2.24, 2.45) is 5.73 Å². The van der Waals surface area contributed by atoms with E-state index in [-0.39, 0.29) is 17.5 Å². The summed E-state index contributed by atoms with van der Waals surface area (Å²) in [6.07, 6.45) is 1.19. The van der Waals surface area contributed by atoms with Crippen molar-refractivity contribution < 1.29 is 14.4 Å². The molecule has 32 heavy (non-hydrogen) atoms. The zero-order valence-corrected chi connectivity index (χ0v) is 17.6. The van der Waals surface area contributed by atoms with Gasteiger partial charge in [-0.2, -0.15) is 0 Å². The fourth-order valence-electron chi connectivity index (χ4n) is 3.83. The Morgan fingerprint density at radius 1 is 0.781 bits per heavy atom. The van der Waals surface area contributed by atoms with Crippen LogP contribution in [0.15, 0.2) is 72.8 Å². The molecule has 1 atom stereocenters. The van der Waals surface area contributed by atoms with Gasteiger partial charge in [-0.05, 0) is 36.6 Å². The van der Waals surface area contributed by atoms with Crippen molar-refractivity contribution in [1.29, 1.82) is 0 Å². The largest absolute Gasteiger partial charge is 0.385 e. The van der Waals surface area contributed by atoms with Crippen LogP contribution >= 0.6 is 0 Å². The molecule has 6 nitrogen and oxygen atoms in total. The van der Waals surface area contributed by atoms with Gasteiger partial charge in [-0.3, -0.25) is 14.4 Å². The van der Waals surface area contributed by atoms with Gasteiger partial charge in [-0.25, -0.2) is 0 Å². The Labute approximate surface area is 186 Å². The number of carbonyl (C=O) groups is 3. The van der Waals surface area contributed by atoms with Gasteiger partial charge < -0.3 is 16.4 Å². The Morgan fingerprint density at radius 2 is 1.41 bits per heavy atom. The first-order valence-electron chi connectivity index (χ1n) is 10.7. The van der Waals surface area contributed by atoms with E-state index in [1.165, 1.54) is 0 Å². The highest BCUT2D eigenvalue weighted by Crippen LogP contribution is 2.29. The number of carbonyl (C=O) groups excluding carboxylic acids is 3. The fourth-order valence-corrected chi connectivity index (χ4v) is 3.83. The van der Waals surface area contributed by atoms with Crippen molar-refractivity contribution in [2.75, 3.05) is 18.4 Å². The normalized spacial score (nSPS) is 13.2. The first kappa shape index (κ1) is 21.5. The minimum absolute atomic E-state index is 0.128. The zero-order valence-electron chi connectivity index (χ0n) is 17.6. The lowest BCUT2D eigenvalue weighted by Crippen LogP contribution is -2.42. The molecule has 0 radical (unpaired) electrons. The standard InChI is InChI=1S/C26H25N3O3/c27-23(15-17-7-2-1-3-8-17)26(32)29-14-6-13-28-18-11-12-21-22(16-18)25(31)20-10-5-4-9-19(20)24(21)30/h1-5,7-12,16,23,28H,6,13-15,27H2,(H,29,32)/t23-/m0/s1. The van der Waals surface area contributed by atoms with Crippen LogP contribution in [-0.2, 0) is 11.2 Å². The molecular formula is C26H25N3O3. The van der Waals surface area contributed by atoms with Gasteiger partial charge in [0.25, 0.3) is 0 Å². The summed E-state index contributed by atoms with van der Waals surface area (Å²) in [5.41, 5.74) is 9.52. The van der Waals surface area contributed by atoms with Gasteiger partial charge in [0.05, 0.1) is 6.04 Å². The molecule has 0 heterocycles. The van der Waals surface area contributed by atoms with E-state index in [0.717, 1.165) is 11.3 Å². The molecule has 6 heteroatoms. The summed E-state index contributed by atoms with van der Waals surface area (Å²) in [4.78, 5) is 37.7. The number of fused-ring (bicyclic) bond motifs is 2. The number of ketones is 2. The third-order valence-electron chi connectivity index (χ3n) is 5.54. The lowest BCUT2D eigenvalue weighted by Gasteiger charge is -2.18. The Balaban J connectivity index is 1.27. The maximum Gasteiger partial charge on any atom is 0.237 e. The van der Waals surface area contributed by atoms with Crippen molar-refractivity contribution in [3.05, 3.63) is 101 Å². The number of rotatable bonds is 8. The van der Waals surface area contributed by atoms with Crippen LogP contribution in [0.25, 0.3) is 0 Å². The first-order chi connectivity index (χ1) is 15.5. The molecular weight excluding hydrogens is 402 g/mol. The van der Waals surface area contributed by atoms with Crippen LogP contribution in [-0.4, -0.2) is 36.6 Å². The van der Waals surface area contributed by atoms with Crippen LogP contribution in [0.5, 0.6) is 0 Å². The van der Waals surface area contributed by atoms with E-state index < -0.39 is 6.04 Å². The van der Waals surface area contributed by atoms with E-state index in [1.54, 1.807) is 42.5 Å². The van der Waals surface area contributed by atoms with Gasteiger partial charge in [0.15, 0.2) is 11.6 Å². The molecule has 3 aromatic rings. The Kier molecular flexibility index (Phi) is 6.42. The van der Waals surface area contributed by atoms with E-state index in [0.29, 0.717) is 48.2 Å². The Bertz CT molecular complexity index is 1160. The summed E-state index contributed by atoms with van der Waals surface area (Å²) >= 11 is 0. The number of amides is 1. The highest BCUT2D eigenvalue weighted by Gasteiger charge is 2.29. The molecule has 0 spiro atoms. The Morgan fingerprint density at radius 3 is 2.12 bits per heavy atom. The molecule has 0 fully saturated rings. The lowest BCUT2D eigenvalue weighted by atomic mass is 9.84. The SMILES string of the molecule is N[C@@H](Cc1ccccc1)C(=O)NCCCNc1ccc2c(c1)C(=O)c1ccccc1C2=O. The molecule has 0 unspecified atom stereocenters. The fraction of sp³-hybridized carbons (Fsp3) is 0.192. The number of nitrogens with two attached hydrogens (primary N) is 1. The van der Waals surface area contributed by atoms with E-state index in [2.05, 4.69) is 10.6 Å². The first-order valence-corrected chi connectivity index (χ1v) is 10.7. The van der Waals surface area contributed by atoms with E-state index in [4.69, 9.17) is 5.73 Å². The summed E-state index contributed by atoms with van der Waals surface area (Å²) in [7, 11) is 0. The summed E-state index contributed by atoms with van der Waals surface area (Å²) in [6, 6.07) is 21.2. The molecule has 0 saturated carbocycles. The topological polar surface area (TPSA) is 101 Å². The Hall–Kier alpha value is -3.77. The zero-order chi connectivity index (χ0) is 22.5. The minimum Gasteiger partial charge on any atom is -0.385 e. The second-order valence-electron chi connectivity index (χ2n) is 7.83. The molecule has 1 amide bonds. The van der Waals surface area contributed by atoms with Crippen LogP contribution in [0.2, 0.25) is 0 Å². The van der Waals surface area contributed by atoms with Gasteiger partial charge in [-0.1, -0.05) is 54.6 Å². The summed E-state index contributed by atoms with van der Waals surface area (Å²) in [5.74, 6) is -0.444. The van der Waals surface area contributed by atoms with Crippen LogP contribution in [0.1, 0.15) is 43.8 Å². The van der Waals surface area contributed by atoms with Crippen molar-refractivity contribution in [1.82, 2.24) is 5.32 Å². The molecule has 0 aromatic heterocycles. The maximum absolute atomic E-state index is 12.8. The highest BCUT2D eigenvalue weighted by molar-refractivity contribution is 6.28. The predicted octanol–water partition coefficient (Wildman–Crippen LogP) is 2.95. The van der Waals surface area contributed by atoms with Gasteiger partial charge in [-0.15, -0.1) is 0 Å². The van der Waals surface area contributed by atoms with E-state index in [1.807, 2.05) is 30.3 Å². The number of benzene rings is 3. The minimum atomic E-state index is -0.586. The average molecular weight is 428 g/mol. The summed E-state index contributed by atoms with van der Waals surface area (Å²) < 4.78 is 0. The van der Waals surface area contributed by atoms with Crippen molar-refractivity contribution in [3.63, 3.8) is 0 Å². The van der Waals surface area contributed by atoms with Crippen molar-refractivity contribution in [3.8, 4) is 0 Å². The molecule has 0 saturated heterocycles. The van der Waals surface area contributed by atoms with Crippen LogP contribution in [0, 0.1) is 0 Å². The predicted molar refractivity (Wildman–Crippen MR) is 124 cm³/mol. The number of anilines is 1. The number of nitrogens with one attached hydrogen (secondary N) is 2. The lowest BCUT2D eigenvalue weighted by molar-refractivity contribution is -0.122. The second-order valence-corrected chi connectivity index (χ2v) is 7.83. The third kappa shape index (κ3) is 4.60. The molecule has 4 rings (SSSR count). The maximum atomic E-state index is 12.8. The van der Waals surface area contributed by atoms with E-state index in [9.17, 15) is 14.4 Å². The second kappa shape index (κ2) is 9.58. The van der Waals surface area contributed by atoms with Gasteiger partial charge in [0.2, 0.25) is 5.91 Å². The van der Waals surface area contributed by atoms with Gasteiger partial charge in [0, 0.05) is 41.0 Å². The number of hydrogen-bond donors (Lipinski definition) is 3. The average Bonchev–Trinajstić information content (AvgIpc) is 2.82. The molecule has 4 N–H and O–H groups in total.